The topological polar surface area (TPSA) is 0 Å². The van der Waals surface area contributed by atoms with Crippen LogP contribution in [0.1, 0.15) is 84.0 Å². The maximum Gasteiger partial charge on any atom is 0.313 e. The first kappa shape index (κ1) is 20.8. The Labute approximate surface area is 150 Å². The highest BCUT2D eigenvalue weighted by atomic mass is 19.3. The molecule has 0 saturated heterocycles. The van der Waals surface area contributed by atoms with Crippen molar-refractivity contribution in [2.24, 2.45) is 23.7 Å². The minimum absolute atomic E-state index is 0.232. The lowest BCUT2D eigenvalue weighted by Crippen LogP contribution is -2.52. The third kappa shape index (κ3) is 4.80. The van der Waals surface area contributed by atoms with Crippen LogP contribution in [0.2, 0.25) is 0 Å². The second-order valence-electron chi connectivity index (χ2n) is 8.34. The van der Waals surface area contributed by atoms with Crippen LogP contribution in [0.3, 0.4) is 0 Å². The van der Waals surface area contributed by atoms with E-state index < -0.39 is 23.7 Å². The fourth-order valence-electron chi connectivity index (χ4n) is 4.93. The average Bonchev–Trinajstić information content (AvgIpc) is 2.61. The second-order valence-corrected chi connectivity index (χ2v) is 8.34. The standard InChI is InChI=1S/C21H34F4/c1-3-5-7-17-10-14-19(15-11-17)21(24,25)20(22,23)18-12-8-16(6-4-2)9-13-18/h3,16-19H,1,4-15H2,2H3. The van der Waals surface area contributed by atoms with Crippen LogP contribution in [0.25, 0.3) is 0 Å². The van der Waals surface area contributed by atoms with Gasteiger partial charge in [-0.15, -0.1) is 6.58 Å². The monoisotopic (exact) mass is 362 g/mol. The van der Waals surface area contributed by atoms with E-state index >= 15 is 0 Å². The van der Waals surface area contributed by atoms with Gasteiger partial charge in [0, 0.05) is 11.8 Å². The van der Waals surface area contributed by atoms with Crippen LogP contribution < -0.4 is 0 Å². The fourth-order valence-corrected chi connectivity index (χ4v) is 4.93. The molecular formula is C21H34F4. The minimum Gasteiger partial charge on any atom is -0.200 e. The number of halogens is 4. The van der Waals surface area contributed by atoms with Crippen molar-refractivity contribution < 1.29 is 17.6 Å². The highest BCUT2D eigenvalue weighted by molar-refractivity contribution is 4.98. The molecule has 2 aliphatic carbocycles. The van der Waals surface area contributed by atoms with E-state index in [-0.39, 0.29) is 25.7 Å². The Bertz CT molecular complexity index is 402. The summed E-state index contributed by atoms with van der Waals surface area (Å²) in [5, 5.41) is 0. The van der Waals surface area contributed by atoms with E-state index in [1.807, 2.05) is 6.08 Å². The molecule has 0 amide bonds. The van der Waals surface area contributed by atoms with Crippen LogP contribution in [0.15, 0.2) is 12.7 Å². The van der Waals surface area contributed by atoms with Crippen LogP contribution in [0.4, 0.5) is 17.6 Å². The lowest BCUT2D eigenvalue weighted by Gasteiger charge is -2.42. The SMILES string of the molecule is C=CCCC1CCC(C(F)(F)C(F)(F)C2CCC(CCC)CC2)CC1. The summed E-state index contributed by atoms with van der Waals surface area (Å²) in [6.07, 6.45) is 9.35. The van der Waals surface area contributed by atoms with Gasteiger partial charge in [0.1, 0.15) is 0 Å². The van der Waals surface area contributed by atoms with Gasteiger partial charge in [0.25, 0.3) is 0 Å². The third-order valence-corrected chi connectivity index (χ3v) is 6.64. The largest absolute Gasteiger partial charge is 0.313 e. The zero-order chi connectivity index (χ0) is 18.5. The Hall–Kier alpha value is -0.540. The molecule has 2 aliphatic rings. The number of allylic oxidation sites excluding steroid dienone is 1. The highest BCUT2D eigenvalue weighted by Crippen LogP contribution is 2.53. The normalized spacial score (nSPS) is 31.7. The van der Waals surface area contributed by atoms with E-state index in [4.69, 9.17) is 0 Å². The maximum atomic E-state index is 14.7. The van der Waals surface area contributed by atoms with E-state index in [2.05, 4.69) is 13.5 Å². The van der Waals surface area contributed by atoms with E-state index in [9.17, 15) is 17.6 Å². The van der Waals surface area contributed by atoms with Crippen LogP contribution in [-0.2, 0) is 0 Å². The predicted octanol–water partition coefficient (Wildman–Crippen LogP) is 7.64. The quantitative estimate of drug-likeness (QED) is 0.307. The number of alkyl halides is 4. The van der Waals surface area contributed by atoms with Crippen molar-refractivity contribution in [2.45, 2.75) is 95.8 Å². The van der Waals surface area contributed by atoms with Crippen molar-refractivity contribution in [3.63, 3.8) is 0 Å². The van der Waals surface area contributed by atoms with Crippen molar-refractivity contribution in [1.29, 1.82) is 0 Å². The number of hydrogen-bond donors (Lipinski definition) is 0. The molecule has 25 heavy (non-hydrogen) atoms. The minimum atomic E-state index is -3.86. The van der Waals surface area contributed by atoms with Gasteiger partial charge in [0.05, 0.1) is 0 Å². The molecular weight excluding hydrogens is 328 g/mol. The zero-order valence-electron chi connectivity index (χ0n) is 15.6. The molecule has 2 fully saturated rings. The molecule has 0 nitrogen and oxygen atoms in total. The summed E-state index contributed by atoms with van der Waals surface area (Å²) in [4.78, 5) is 0. The molecule has 146 valence electrons. The summed E-state index contributed by atoms with van der Waals surface area (Å²) in [7, 11) is 0. The molecule has 0 atom stereocenters. The van der Waals surface area contributed by atoms with Crippen molar-refractivity contribution in [1.82, 2.24) is 0 Å². The Balaban J connectivity index is 1.92. The first-order chi connectivity index (χ1) is 11.8. The number of hydrogen-bond acceptors (Lipinski definition) is 0. The molecule has 0 aromatic rings. The molecule has 2 rings (SSSR count). The van der Waals surface area contributed by atoms with Crippen molar-refractivity contribution >= 4 is 0 Å². The molecule has 0 bridgehead atoms. The molecule has 0 spiro atoms. The lowest BCUT2D eigenvalue weighted by atomic mass is 9.71. The summed E-state index contributed by atoms with van der Waals surface area (Å²) in [5.74, 6) is -9.18. The van der Waals surface area contributed by atoms with Crippen molar-refractivity contribution in [3.8, 4) is 0 Å². The predicted molar refractivity (Wildman–Crippen MR) is 95.1 cm³/mol. The first-order valence-electron chi connectivity index (χ1n) is 10.2. The van der Waals surface area contributed by atoms with Gasteiger partial charge in [-0.1, -0.05) is 25.8 Å². The highest BCUT2D eigenvalue weighted by Gasteiger charge is 2.64. The van der Waals surface area contributed by atoms with Gasteiger partial charge in [0.2, 0.25) is 0 Å². The summed E-state index contributed by atoms with van der Waals surface area (Å²) in [6.45, 7) is 5.76. The summed E-state index contributed by atoms with van der Waals surface area (Å²) >= 11 is 0. The smallest absolute Gasteiger partial charge is 0.200 e. The molecule has 0 radical (unpaired) electrons. The Kier molecular flexibility index (Phi) is 7.40. The fraction of sp³-hybridized carbons (Fsp3) is 0.905. The molecule has 0 unspecified atom stereocenters. The van der Waals surface area contributed by atoms with E-state index in [0.29, 0.717) is 37.5 Å². The molecule has 0 aromatic heterocycles. The van der Waals surface area contributed by atoms with Crippen LogP contribution in [0.5, 0.6) is 0 Å². The lowest BCUT2D eigenvalue weighted by molar-refractivity contribution is -0.270. The second kappa shape index (κ2) is 8.90. The van der Waals surface area contributed by atoms with Crippen LogP contribution >= 0.6 is 0 Å². The Morgan fingerprint density at radius 2 is 1.16 bits per heavy atom. The van der Waals surface area contributed by atoms with Crippen LogP contribution in [-0.4, -0.2) is 11.8 Å². The van der Waals surface area contributed by atoms with Crippen molar-refractivity contribution in [3.05, 3.63) is 12.7 Å². The van der Waals surface area contributed by atoms with Gasteiger partial charge in [-0.2, -0.15) is 17.6 Å². The van der Waals surface area contributed by atoms with Crippen molar-refractivity contribution in [2.75, 3.05) is 0 Å². The zero-order valence-corrected chi connectivity index (χ0v) is 15.6. The van der Waals surface area contributed by atoms with Gasteiger partial charge < -0.3 is 0 Å². The third-order valence-electron chi connectivity index (χ3n) is 6.64. The molecule has 0 heterocycles. The van der Waals surface area contributed by atoms with E-state index in [0.717, 1.165) is 25.7 Å². The Morgan fingerprint density at radius 3 is 1.52 bits per heavy atom. The molecule has 2 saturated carbocycles. The summed E-state index contributed by atoms with van der Waals surface area (Å²) in [5.41, 5.74) is 0. The molecule has 0 aromatic carbocycles. The maximum absolute atomic E-state index is 14.7. The molecule has 0 N–H and O–H groups in total. The van der Waals surface area contributed by atoms with Crippen LogP contribution in [0, 0.1) is 23.7 Å². The summed E-state index contributed by atoms with van der Waals surface area (Å²) < 4.78 is 58.9. The average molecular weight is 362 g/mol. The van der Waals surface area contributed by atoms with Gasteiger partial charge >= 0.3 is 11.8 Å². The van der Waals surface area contributed by atoms with E-state index in [1.165, 1.54) is 0 Å². The number of rotatable bonds is 8. The molecule has 4 heteroatoms. The molecule has 0 aliphatic heterocycles. The Morgan fingerprint density at radius 1 is 0.760 bits per heavy atom. The van der Waals surface area contributed by atoms with Gasteiger partial charge in [0.15, 0.2) is 0 Å². The summed E-state index contributed by atoms with van der Waals surface area (Å²) in [6, 6.07) is 0. The van der Waals surface area contributed by atoms with Gasteiger partial charge in [-0.25, -0.2) is 0 Å². The van der Waals surface area contributed by atoms with Gasteiger partial charge in [-0.05, 0) is 76.0 Å². The van der Waals surface area contributed by atoms with E-state index in [1.54, 1.807) is 0 Å². The first-order valence-corrected chi connectivity index (χ1v) is 10.2. The van der Waals surface area contributed by atoms with Gasteiger partial charge in [-0.3, -0.25) is 0 Å².